The van der Waals surface area contributed by atoms with Crippen LogP contribution in [0.1, 0.15) is 40.7 Å². The molecule has 0 aliphatic rings. The molecular weight excluding hydrogens is 902 g/mol. The Kier molecular flexibility index (Phi) is 18.3. The van der Waals surface area contributed by atoms with Crippen molar-refractivity contribution in [2.24, 2.45) is 0 Å². The molecule has 336 valence electrons. The summed E-state index contributed by atoms with van der Waals surface area (Å²) in [6, 6.07) is 51.0. The Labute approximate surface area is 391 Å². The summed E-state index contributed by atoms with van der Waals surface area (Å²) in [5.74, 6) is 0.400. The quantitative estimate of drug-likeness (QED) is 0.0520. The molecule has 4 N–H and O–H groups in total. The fraction of sp³-hybridized carbons (Fsp3) is 0.137. The molecule has 0 spiro atoms. The van der Waals surface area contributed by atoms with Gasteiger partial charge in [0.25, 0.3) is 20.0 Å². The number of ether oxygens (including phenoxy) is 1. The number of carbonyl (C=O) groups is 2. The zero-order valence-corrected chi connectivity index (χ0v) is 38.9. The van der Waals surface area contributed by atoms with E-state index >= 15 is 0 Å². The van der Waals surface area contributed by atoms with Gasteiger partial charge in [-0.05, 0) is 122 Å². The van der Waals surface area contributed by atoms with Crippen LogP contribution in [0.25, 0.3) is 0 Å². The van der Waals surface area contributed by atoms with Crippen molar-refractivity contribution in [3.8, 4) is 5.75 Å². The van der Waals surface area contributed by atoms with E-state index in [1.54, 1.807) is 121 Å². The Balaban J connectivity index is 0.000000192. The number of hydrogen-bond donors (Lipinski definition) is 3. The van der Waals surface area contributed by atoms with Crippen molar-refractivity contribution in [1.82, 2.24) is 0 Å². The van der Waals surface area contributed by atoms with Crippen LogP contribution in [0.5, 0.6) is 5.75 Å². The van der Waals surface area contributed by atoms with Gasteiger partial charge in [-0.1, -0.05) is 131 Å². The molecular formula is C51H49Cl2N3O7S2. The third-order valence-electron chi connectivity index (χ3n) is 9.63. The molecule has 0 heterocycles. The van der Waals surface area contributed by atoms with Gasteiger partial charge in [-0.25, -0.2) is 16.8 Å². The zero-order chi connectivity index (χ0) is 46.8. The van der Waals surface area contributed by atoms with Crippen LogP contribution in [0.3, 0.4) is 0 Å². The minimum Gasteiger partial charge on any atom is -0.427 e. The highest BCUT2D eigenvalue weighted by atomic mass is 35.5. The number of carbonyl (C=O) groups excluding carboxylic acids is 2. The molecule has 10 nitrogen and oxygen atoms in total. The second-order valence-electron chi connectivity index (χ2n) is 14.8. The fourth-order valence-electron chi connectivity index (χ4n) is 6.01. The molecule has 7 rings (SSSR count). The third kappa shape index (κ3) is 16.6. The molecule has 0 fully saturated rings. The Morgan fingerprint density at radius 2 is 0.954 bits per heavy atom. The molecule has 65 heavy (non-hydrogen) atoms. The van der Waals surface area contributed by atoms with E-state index in [1.165, 1.54) is 0 Å². The number of esters is 1. The monoisotopic (exact) mass is 949 g/mol. The van der Waals surface area contributed by atoms with E-state index in [9.17, 15) is 26.4 Å². The molecule has 0 aliphatic heterocycles. The number of para-hydroxylation sites is 4. The predicted octanol–water partition coefficient (Wildman–Crippen LogP) is 11.4. The summed E-state index contributed by atoms with van der Waals surface area (Å²) in [7, 11) is -7.30. The van der Waals surface area contributed by atoms with Crippen LogP contribution in [0.2, 0.25) is 10.0 Å². The number of aryl methyl sites for hydroxylation is 4. The smallest absolute Gasteiger partial charge is 0.311 e. The molecule has 0 saturated heterocycles. The number of halogens is 2. The van der Waals surface area contributed by atoms with E-state index < -0.39 is 20.0 Å². The Hall–Kier alpha value is -6.44. The molecule has 0 amide bonds. The SMILES string of the molecule is Cc1ccc(S(=O)(=O)Nc2ccccc2CC(=O)CCc2ccc(Cl)cc2)cc1.Cc1ccc(S(=O)(=O)Nc2ccccc2N)cc1.O=C(CCc1ccc(Cl)cc1)Oc1ccccc1. The van der Waals surface area contributed by atoms with Gasteiger partial charge in [0.05, 0.1) is 26.9 Å². The number of rotatable bonds is 15. The van der Waals surface area contributed by atoms with E-state index in [0.717, 1.165) is 22.3 Å². The number of anilines is 3. The number of nitrogen functional groups attached to an aromatic ring is 1. The first kappa shape index (κ1) is 49.6. The van der Waals surface area contributed by atoms with Crippen molar-refractivity contribution in [2.75, 3.05) is 15.2 Å². The number of sulfonamides is 2. The van der Waals surface area contributed by atoms with Gasteiger partial charge in [0.2, 0.25) is 0 Å². The summed E-state index contributed by atoms with van der Waals surface area (Å²) in [5, 5.41) is 1.36. The average molecular weight is 951 g/mol. The number of nitrogens with one attached hydrogen (secondary N) is 2. The fourth-order valence-corrected chi connectivity index (χ4v) is 8.45. The average Bonchev–Trinajstić information content (AvgIpc) is 3.28. The van der Waals surface area contributed by atoms with E-state index in [2.05, 4.69) is 9.44 Å². The van der Waals surface area contributed by atoms with Crippen molar-refractivity contribution in [1.29, 1.82) is 0 Å². The number of hydrogen-bond acceptors (Lipinski definition) is 8. The first-order valence-corrected chi connectivity index (χ1v) is 24.2. The first-order valence-electron chi connectivity index (χ1n) is 20.4. The van der Waals surface area contributed by atoms with Gasteiger partial charge in [0.1, 0.15) is 11.5 Å². The highest BCUT2D eigenvalue weighted by Gasteiger charge is 2.18. The standard InChI is InChI=1S/C23H22ClNO3S.C15H13ClO2.C13H14N2O2S/c1-17-6-14-22(15-7-17)29(27,28)25-23-5-3-2-4-19(23)16-21(26)13-10-18-8-11-20(24)12-9-18;16-13-9-6-12(7-10-13)8-11-15(17)18-14-4-2-1-3-5-14;1-10-6-8-11(9-7-10)18(16,17)15-13-5-3-2-4-12(13)14/h2-9,11-12,14-15,25H,10,13,16H2,1H3;1-7,9-10H,8,11H2;2-9,15H,14H2,1H3. The van der Waals surface area contributed by atoms with Crippen molar-refractivity contribution in [2.45, 2.75) is 55.7 Å². The van der Waals surface area contributed by atoms with E-state index in [4.69, 9.17) is 33.7 Å². The lowest BCUT2D eigenvalue weighted by molar-refractivity contribution is -0.134. The molecule has 14 heteroatoms. The number of nitrogens with two attached hydrogens (primary N) is 1. The highest BCUT2D eigenvalue weighted by molar-refractivity contribution is 7.93. The third-order valence-corrected chi connectivity index (χ3v) is 12.9. The van der Waals surface area contributed by atoms with Crippen molar-refractivity contribution >= 4 is 72.1 Å². The molecule has 0 atom stereocenters. The molecule has 0 radical (unpaired) electrons. The second kappa shape index (κ2) is 24.0. The van der Waals surface area contributed by atoms with E-state index in [-0.39, 0.29) is 28.0 Å². The Morgan fingerprint density at radius 1 is 0.523 bits per heavy atom. The van der Waals surface area contributed by atoms with Crippen LogP contribution in [0, 0.1) is 13.8 Å². The number of ketones is 1. The summed E-state index contributed by atoms with van der Waals surface area (Å²) < 4.78 is 59.8. The summed E-state index contributed by atoms with van der Waals surface area (Å²) in [4.78, 5) is 24.5. The molecule has 0 saturated carbocycles. The van der Waals surface area contributed by atoms with Crippen LogP contribution in [0.4, 0.5) is 17.1 Å². The molecule has 7 aromatic rings. The maximum Gasteiger partial charge on any atom is 0.311 e. The van der Waals surface area contributed by atoms with Crippen LogP contribution in [0.15, 0.2) is 186 Å². The van der Waals surface area contributed by atoms with Crippen molar-refractivity contribution in [3.63, 3.8) is 0 Å². The van der Waals surface area contributed by atoms with Gasteiger partial charge >= 0.3 is 5.97 Å². The minimum atomic E-state index is -3.72. The van der Waals surface area contributed by atoms with Gasteiger partial charge < -0.3 is 10.5 Å². The van der Waals surface area contributed by atoms with E-state index in [0.29, 0.717) is 64.1 Å². The lowest BCUT2D eigenvalue weighted by atomic mass is 10.0. The van der Waals surface area contributed by atoms with Crippen molar-refractivity contribution < 1.29 is 31.2 Å². The lowest BCUT2D eigenvalue weighted by Gasteiger charge is -2.12. The summed E-state index contributed by atoms with van der Waals surface area (Å²) >= 11 is 11.7. The topological polar surface area (TPSA) is 162 Å². The summed E-state index contributed by atoms with van der Waals surface area (Å²) in [6.45, 7) is 3.80. The normalized spacial score (nSPS) is 10.9. The van der Waals surface area contributed by atoms with Crippen LogP contribution in [-0.4, -0.2) is 28.6 Å². The van der Waals surface area contributed by atoms with Crippen molar-refractivity contribution in [3.05, 3.63) is 214 Å². The van der Waals surface area contributed by atoms with E-state index in [1.807, 2.05) is 68.4 Å². The van der Waals surface area contributed by atoms with Gasteiger partial charge in [0.15, 0.2) is 0 Å². The molecule has 0 bridgehead atoms. The summed E-state index contributed by atoms with van der Waals surface area (Å²) in [6.07, 6.45) is 2.17. The van der Waals surface area contributed by atoms with Crippen LogP contribution < -0.4 is 19.9 Å². The Bertz CT molecular complexity index is 2860. The lowest BCUT2D eigenvalue weighted by Crippen LogP contribution is -2.15. The van der Waals surface area contributed by atoms with Gasteiger partial charge in [0, 0.05) is 29.3 Å². The van der Waals surface area contributed by atoms with Gasteiger partial charge in [-0.2, -0.15) is 0 Å². The zero-order valence-electron chi connectivity index (χ0n) is 35.8. The highest BCUT2D eigenvalue weighted by Crippen LogP contribution is 2.24. The second-order valence-corrected chi connectivity index (χ2v) is 19.1. The molecule has 0 aliphatic carbocycles. The van der Waals surface area contributed by atoms with Crippen LogP contribution >= 0.6 is 23.2 Å². The largest absolute Gasteiger partial charge is 0.427 e. The van der Waals surface area contributed by atoms with Gasteiger partial charge in [-0.15, -0.1) is 0 Å². The van der Waals surface area contributed by atoms with Crippen LogP contribution in [-0.2, 0) is 48.9 Å². The van der Waals surface area contributed by atoms with Gasteiger partial charge in [-0.3, -0.25) is 19.0 Å². The molecule has 0 unspecified atom stereocenters. The summed E-state index contributed by atoms with van der Waals surface area (Å²) in [5.41, 5.74) is 11.7. The Morgan fingerprint density at radius 3 is 1.46 bits per heavy atom. The number of Topliss-reactive ketones (excluding diaryl/α,β-unsaturated/α-hetero) is 1. The molecule has 0 aromatic heterocycles. The minimum absolute atomic E-state index is 0.0435. The molecule has 7 aromatic carbocycles. The number of benzene rings is 7. The maximum absolute atomic E-state index is 12.7. The first-order chi connectivity index (χ1) is 31.1. The predicted molar refractivity (Wildman–Crippen MR) is 262 cm³/mol. The maximum atomic E-state index is 12.7.